The van der Waals surface area contributed by atoms with E-state index in [0.717, 1.165) is 24.4 Å². The van der Waals surface area contributed by atoms with Crippen LogP contribution < -0.4 is 5.32 Å². The Balaban J connectivity index is 1.64. The van der Waals surface area contributed by atoms with Crippen molar-refractivity contribution in [2.75, 3.05) is 5.32 Å². The van der Waals surface area contributed by atoms with Gasteiger partial charge in [-0.25, -0.2) is 4.68 Å². The molecule has 0 radical (unpaired) electrons. The Labute approximate surface area is 130 Å². The number of nitrogens with zero attached hydrogens (tertiary/aromatic N) is 2. The number of amides is 1. The van der Waals surface area contributed by atoms with Gasteiger partial charge in [0, 0.05) is 12.1 Å². The number of aromatic nitrogens is 2. The molecule has 0 aromatic carbocycles. The molecular formula is C17H21N3O2. The van der Waals surface area contributed by atoms with Gasteiger partial charge in [0.05, 0.1) is 12.2 Å². The summed E-state index contributed by atoms with van der Waals surface area (Å²) in [6.07, 6.45) is 10.9. The van der Waals surface area contributed by atoms with E-state index in [1.54, 1.807) is 12.3 Å². The first kappa shape index (κ1) is 14.6. The molecule has 1 amide bonds. The summed E-state index contributed by atoms with van der Waals surface area (Å²) in [6, 6.07) is 5.95. The summed E-state index contributed by atoms with van der Waals surface area (Å²) < 4.78 is 7.35. The molecule has 116 valence electrons. The Morgan fingerprint density at radius 3 is 2.86 bits per heavy atom. The lowest BCUT2D eigenvalue weighted by Gasteiger charge is -2.23. The largest absolute Gasteiger partial charge is 0.462 e. The third kappa shape index (κ3) is 3.47. The van der Waals surface area contributed by atoms with Crippen molar-refractivity contribution in [1.82, 2.24) is 9.78 Å². The van der Waals surface area contributed by atoms with E-state index in [2.05, 4.69) is 10.4 Å². The van der Waals surface area contributed by atoms with Crippen molar-refractivity contribution >= 4 is 17.8 Å². The fourth-order valence-corrected chi connectivity index (χ4v) is 2.90. The van der Waals surface area contributed by atoms with Crippen LogP contribution in [-0.2, 0) is 4.79 Å². The van der Waals surface area contributed by atoms with Crippen LogP contribution >= 0.6 is 0 Å². The van der Waals surface area contributed by atoms with Crippen LogP contribution in [0.2, 0.25) is 0 Å². The van der Waals surface area contributed by atoms with Gasteiger partial charge in [-0.05, 0) is 38.0 Å². The highest BCUT2D eigenvalue weighted by Gasteiger charge is 2.18. The van der Waals surface area contributed by atoms with E-state index in [4.69, 9.17) is 4.42 Å². The van der Waals surface area contributed by atoms with Crippen molar-refractivity contribution in [2.24, 2.45) is 0 Å². The van der Waals surface area contributed by atoms with Crippen LogP contribution in [0.1, 0.15) is 49.7 Å². The summed E-state index contributed by atoms with van der Waals surface area (Å²) in [5.41, 5.74) is 0. The summed E-state index contributed by atoms with van der Waals surface area (Å²) in [6.45, 7) is 1.88. The number of nitrogens with one attached hydrogen (secondary N) is 1. The molecule has 1 fully saturated rings. The van der Waals surface area contributed by atoms with Gasteiger partial charge >= 0.3 is 0 Å². The lowest BCUT2D eigenvalue weighted by atomic mass is 9.96. The molecule has 0 bridgehead atoms. The van der Waals surface area contributed by atoms with Crippen LogP contribution in [0.15, 0.2) is 34.9 Å². The highest BCUT2D eigenvalue weighted by Crippen LogP contribution is 2.29. The summed E-state index contributed by atoms with van der Waals surface area (Å²) >= 11 is 0. The first-order chi connectivity index (χ1) is 10.7. The number of aryl methyl sites for hydroxylation is 1. The summed E-state index contributed by atoms with van der Waals surface area (Å²) in [7, 11) is 0. The number of carbonyl (C=O) groups is 1. The Kier molecular flexibility index (Phi) is 4.42. The van der Waals surface area contributed by atoms with Gasteiger partial charge in [-0.2, -0.15) is 5.10 Å². The maximum absolute atomic E-state index is 12.0. The van der Waals surface area contributed by atoms with Crippen molar-refractivity contribution in [3.63, 3.8) is 0 Å². The van der Waals surface area contributed by atoms with Crippen molar-refractivity contribution in [3.8, 4) is 0 Å². The van der Waals surface area contributed by atoms with Crippen molar-refractivity contribution in [3.05, 3.63) is 42.0 Å². The van der Waals surface area contributed by atoms with Crippen LogP contribution in [0.3, 0.4) is 0 Å². The minimum Gasteiger partial charge on any atom is -0.462 e. The van der Waals surface area contributed by atoms with Crippen LogP contribution in [0.25, 0.3) is 6.08 Å². The summed E-state index contributed by atoms with van der Waals surface area (Å²) in [5, 5.41) is 7.27. The highest BCUT2D eigenvalue weighted by atomic mass is 16.3. The molecule has 0 atom stereocenters. The molecule has 0 saturated heterocycles. The second kappa shape index (κ2) is 6.64. The van der Waals surface area contributed by atoms with E-state index in [1.807, 2.05) is 29.8 Å². The standard InChI is InChI=1S/C17H21N3O2/c1-13-7-8-15(22-13)9-10-17(21)19-16-11-12-18-20(16)14-5-3-2-4-6-14/h7-12,14H,2-6H2,1H3,(H,19,21)/b10-9+. The van der Waals surface area contributed by atoms with Crippen LogP contribution in [0.5, 0.6) is 0 Å². The zero-order chi connectivity index (χ0) is 15.4. The van der Waals surface area contributed by atoms with Crippen molar-refractivity contribution in [2.45, 2.75) is 45.1 Å². The smallest absolute Gasteiger partial charge is 0.249 e. The molecule has 1 saturated carbocycles. The molecule has 2 aromatic rings. The molecule has 3 rings (SSSR count). The van der Waals surface area contributed by atoms with E-state index in [9.17, 15) is 4.79 Å². The minimum absolute atomic E-state index is 0.174. The van der Waals surface area contributed by atoms with E-state index in [-0.39, 0.29) is 5.91 Å². The molecule has 0 aliphatic heterocycles. The molecule has 1 N–H and O–H groups in total. The Morgan fingerprint density at radius 1 is 1.32 bits per heavy atom. The number of hydrogen-bond donors (Lipinski definition) is 1. The molecule has 5 nitrogen and oxygen atoms in total. The Hall–Kier alpha value is -2.30. The quantitative estimate of drug-likeness (QED) is 0.870. The highest BCUT2D eigenvalue weighted by molar-refractivity contribution is 6.01. The SMILES string of the molecule is Cc1ccc(/C=C/C(=O)Nc2ccnn2C2CCCCC2)o1. The van der Waals surface area contributed by atoms with Crippen LogP contribution in [0.4, 0.5) is 5.82 Å². The second-order valence-corrected chi connectivity index (χ2v) is 5.72. The van der Waals surface area contributed by atoms with Gasteiger partial charge in [0.2, 0.25) is 5.91 Å². The number of anilines is 1. The van der Waals surface area contributed by atoms with E-state index in [1.165, 1.54) is 25.3 Å². The zero-order valence-electron chi connectivity index (χ0n) is 12.8. The number of hydrogen-bond acceptors (Lipinski definition) is 3. The first-order valence-electron chi connectivity index (χ1n) is 7.81. The maximum Gasteiger partial charge on any atom is 0.249 e. The molecule has 2 aromatic heterocycles. The summed E-state index contributed by atoms with van der Waals surface area (Å²) in [5.74, 6) is 2.09. The van der Waals surface area contributed by atoms with Gasteiger partial charge in [0.1, 0.15) is 17.3 Å². The number of rotatable bonds is 4. The predicted molar refractivity (Wildman–Crippen MR) is 85.5 cm³/mol. The fourth-order valence-electron chi connectivity index (χ4n) is 2.90. The van der Waals surface area contributed by atoms with Gasteiger partial charge in [-0.1, -0.05) is 19.3 Å². The second-order valence-electron chi connectivity index (χ2n) is 5.72. The number of carbonyl (C=O) groups excluding carboxylic acids is 1. The molecule has 1 aliphatic carbocycles. The topological polar surface area (TPSA) is 60.1 Å². The predicted octanol–water partition coefficient (Wildman–Crippen LogP) is 3.94. The molecule has 0 unspecified atom stereocenters. The average Bonchev–Trinajstić information content (AvgIpc) is 3.15. The third-order valence-corrected chi connectivity index (χ3v) is 4.00. The van der Waals surface area contributed by atoms with Gasteiger partial charge in [-0.15, -0.1) is 0 Å². The molecule has 2 heterocycles. The normalized spacial score (nSPS) is 16.2. The lowest BCUT2D eigenvalue weighted by Crippen LogP contribution is -2.19. The maximum atomic E-state index is 12.0. The van der Waals surface area contributed by atoms with Crippen molar-refractivity contribution in [1.29, 1.82) is 0 Å². The van der Waals surface area contributed by atoms with Crippen LogP contribution in [-0.4, -0.2) is 15.7 Å². The van der Waals surface area contributed by atoms with Crippen LogP contribution in [0, 0.1) is 6.92 Å². The fraction of sp³-hybridized carbons (Fsp3) is 0.412. The zero-order valence-corrected chi connectivity index (χ0v) is 12.8. The molecule has 5 heteroatoms. The van der Waals surface area contributed by atoms with Gasteiger partial charge < -0.3 is 9.73 Å². The van der Waals surface area contributed by atoms with Gasteiger partial charge in [0.25, 0.3) is 0 Å². The van der Waals surface area contributed by atoms with Crippen molar-refractivity contribution < 1.29 is 9.21 Å². The first-order valence-corrected chi connectivity index (χ1v) is 7.81. The van der Waals surface area contributed by atoms with Gasteiger partial charge in [0.15, 0.2) is 0 Å². The van der Waals surface area contributed by atoms with Gasteiger partial charge in [-0.3, -0.25) is 4.79 Å². The van der Waals surface area contributed by atoms with E-state index in [0.29, 0.717) is 11.8 Å². The molecular weight excluding hydrogens is 278 g/mol. The third-order valence-electron chi connectivity index (χ3n) is 4.00. The average molecular weight is 299 g/mol. The summed E-state index contributed by atoms with van der Waals surface area (Å²) in [4.78, 5) is 12.0. The van der Waals surface area contributed by atoms with E-state index >= 15 is 0 Å². The monoisotopic (exact) mass is 299 g/mol. The molecule has 1 aliphatic rings. The number of furan rings is 1. The molecule has 0 spiro atoms. The molecule has 22 heavy (non-hydrogen) atoms. The van der Waals surface area contributed by atoms with E-state index < -0.39 is 0 Å². The lowest BCUT2D eigenvalue weighted by molar-refractivity contribution is -0.111. The Bertz CT molecular complexity index is 663. The minimum atomic E-state index is -0.174. The Morgan fingerprint density at radius 2 is 2.14 bits per heavy atom.